The summed E-state index contributed by atoms with van der Waals surface area (Å²) in [5.74, 6) is 0.578. The summed E-state index contributed by atoms with van der Waals surface area (Å²) >= 11 is 0. The highest BCUT2D eigenvalue weighted by atomic mass is 16.5. The molecule has 0 aliphatic carbocycles. The molecule has 5 heterocycles. The van der Waals surface area contributed by atoms with Gasteiger partial charge in [-0.3, -0.25) is 9.13 Å². The van der Waals surface area contributed by atoms with Gasteiger partial charge in [0.1, 0.15) is 5.52 Å². The van der Waals surface area contributed by atoms with E-state index in [-0.39, 0.29) is 11.7 Å². The van der Waals surface area contributed by atoms with Crippen LogP contribution in [-0.2, 0) is 11.3 Å². The van der Waals surface area contributed by atoms with E-state index in [0.29, 0.717) is 31.2 Å². The number of hydrogen-bond acceptors (Lipinski definition) is 6. The Morgan fingerprint density at radius 1 is 1.17 bits per heavy atom. The molecule has 0 saturated carbocycles. The van der Waals surface area contributed by atoms with Crippen LogP contribution in [0.25, 0.3) is 28.1 Å². The number of hydrogen-bond donors (Lipinski definition) is 0. The van der Waals surface area contributed by atoms with Gasteiger partial charge in [0.25, 0.3) is 0 Å². The third kappa shape index (κ3) is 3.20. The first-order chi connectivity index (χ1) is 14.6. The largest absolute Gasteiger partial charge is 0.381 e. The SMILES string of the molecule is CN(C)CCn1c(=O)n(C2CCOCC2)c2nc(-c3cnn4ccccc34)ncc21. The molecule has 5 rings (SSSR count). The van der Waals surface area contributed by atoms with E-state index in [0.717, 1.165) is 36.0 Å². The minimum Gasteiger partial charge on any atom is -0.381 e. The van der Waals surface area contributed by atoms with E-state index in [2.05, 4.69) is 15.0 Å². The summed E-state index contributed by atoms with van der Waals surface area (Å²) in [4.78, 5) is 24.9. The average Bonchev–Trinajstić information content (AvgIpc) is 3.31. The zero-order valence-electron chi connectivity index (χ0n) is 17.2. The standard InChI is InChI=1S/C21H25N7O2/c1-25(2)9-10-26-18-14-22-19(16-13-23-27-8-4-3-5-17(16)27)24-20(18)28(21(26)29)15-6-11-30-12-7-15/h3-5,8,13-15H,6-7,9-12H2,1-2H3. The van der Waals surface area contributed by atoms with Gasteiger partial charge in [-0.25, -0.2) is 19.3 Å². The van der Waals surface area contributed by atoms with Crippen molar-refractivity contribution in [2.45, 2.75) is 25.4 Å². The van der Waals surface area contributed by atoms with E-state index < -0.39 is 0 Å². The van der Waals surface area contributed by atoms with Crippen molar-refractivity contribution < 1.29 is 4.74 Å². The van der Waals surface area contributed by atoms with Gasteiger partial charge in [-0.2, -0.15) is 5.10 Å². The van der Waals surface area contributed by atoms with E-state index in [4.69, 9.17) is 9.72 Å². The van der Waals surface area contributed by atoms with Gasteiger partial charge in [-0.1, -0.05) is 6.07 Å². The summed E-state index contributed by atoms with van der Waals surface area (Å²) in [6.45, 7) is 2.68. The Kier molecular flexibility index (Phi) is 4.84. The molecule has 0 bridgehead atoms. The molecule has 0 spiro atoms. The number of nitrogens with zero attached hydrogens (tertiary/aromatic N) is 7. The van der Waals surface area contributed by atoms with Gasteiger partial charge < -0.3 is 9.64 Å². The molecule has 4 aromatic heterocycles. The van der Waals surface area contributed by atoms with Gasteiger partial charge in [0.2, 0.25) is 0 Å². The Morgan fingerprint density at radius 3 is 2.80 bits per heavy atom. The minimum absolute atomic E-state index is 0.0231. The molecule has 0 N–H and O–H groups in total. The highest BCUT2D eigenvalue weighted by Gasteiger charge is 2.25. The normalized spacial score (nSPS) is 15.6. The van der Waals surface area contributed by atoms with Crippen LogP contribution in [0.15, 0.2) is 41.6 Å². The number of pyridine rings is 1. The first-order valence-corrected chi connectivity index (χ1v) is 10.3. The van der Waals surface area contributed by atoms with Crippen LogP contribution in [-0.4, -0.2) is 67.5 Å². The highest BCUT2D eigenvalue weighted by Crippen LogP contribution is 2.26. The zero-order chi connectivity index (χ0) is 20.7. The number of likely N-dealkylation sites (N-methyl/N-ethyl adjacent to an activating group) is 1. The molecule has 1 fully saturated rings. The summed E-state index contributed by atoms with van der Waals surface area (Å²) in [6, 6.07) is 5.97. The Labute approximate surface area is 173 Å². The van der Waals surface area contributed by atoms with E-state index in [1.807, 2.05) is 43.1 Å². The highest BCUT2D eigenvalue weighted by molar-refractivity contribution is 5.79. The first kappa shape index (κ1) is 19.0. The molecular weight excluding hydrogens is 382 g/mol. The molecule has 9 heteroatoms. The van der Waals surface area contributed by atoms with Crippen LogP contribution in [0, 0.1) is 0 Å². The lowest BCUT2D eigenvalue weighted by molar-refractivity contribution is 0.0694. The minimum atomic E-state index is -0.0231. The van der Waals surface area contributed by atoms with Crippen molar-refractivity contribution in [3.05, 3.63) is 47.3 Å². The summed E-state index contributed by atoms with van der Waals surface area (Å²) in [7, 11) is 4.00. The molecular formula is C21H25N7O2. The fraction of sp³-hybridized carbons (Fsp3) is 0.429. The van der Waals surface area contributed by atoms with Crippen molar-refractivity contribution in [1.82, 2.24) is 33.6 Å². The number of ether oxygens (including phenoxy) is 1. The monoisotopic (exact) mass is 407 g/mol. The maximum absolute atomic E-state index is 13.4. The van der Waals surface area contributed by atoms with Gasteiger partial charge in [0.05, 0.1) is 23.5 Å². The molecule has 1 saturated heterocycles. The second-order valence-corrected chi connectivity index (χ2v) is 7.94. The molecule has 9 nitrogen and oxygen atoms in total. The smallest absolute Gasteiger partial charge is 0.330 e. The van der Waals surface area contributed by atoms with Crippen LogP contribution in [0.4, 0.5) is 0 Å². The molecule has 30 heavy (non-hydrogen) atoms. The van der Waals surface area contributed by atoms with Crippen molar-refractivity contribution >= 4 is 16.7 Å². The van der Waals surface area contributed by atoms with Crippen LogP contribution in [0.3, 0.4) is 0 Å². The second kappa shape index (κ2) is 7.66. The zero-order valence-corrected chi connectivity index (χ0v) is 17.2. The Bertz CT molecular complexity index is 1250. The van der Waals surface area contributed by atoms with Crippen LogP contribution >= 0.6 is 0 Å². The predicted octanol–water partition coefficient (Wildman–Crippen LogP) is 1.82. The fourth-order valence-corrected chi connectivity index (χ4v) is 4.08. The topological polar surface area (TPSA) is 82.5 Å². The maximum Gasteiger partial charge on any atom is 0.330 e. The summed E-state index contributed by atoms with van der Waals surface area (Å²) < 4.78 is 11.0. The van der Waals surface area contributed by atoms with Crippen LogP contribution in [0.5, 0.6) is 0 Å². The fourth-order valence-electron chi connectivity index (χ4n) is 4.08. The molecule has 0 atom stereocenters. The van der Waals surface area contributed by atoms with E-state index >= 15 is 0 Å². The number of aromatic nitrogens is 6. The Morgan fingerprint density at radius 2 is 2.00 bits per heavy atom. The third-order valence-corrected chi connectivity index (χ3v) is 5.70. The quantitative estimate of drug-likeness (QED) is 0.502. The van der Waals surface area contributed by atoms with E-state index in [1.165, 1.54) is 0 Å². The van der Waals surface area contributed by atoms with E-state index in [9.17, 15) is 4.79 Å². The molecule has 156 valence electrons. The van der Waals surface area contributed by atoms with Gasteiger partial charge >= 0.3 is 5.69 Å². The average molecular weight is 407 g/mol. The molecule has 1 aliphatic rings. The molecule has 0 radical (unpaired) electrons. The molecule has 0 amide bonds. The van der Waals surface area contributed by atoms with Gasteiger partial charge in [0, 0.05) is 38.5 Å². The summed E-state index contributed by atoms with van der Waals surface area (Å²) in [6.07, 6.45) is 7.06. The molecule has 4 aromatic rings. The van der Waals surface area contributed by atoms with Crippen LogP contribution in [0.2, 0.25) is 0 Å². The lowest BCUT2D eigenvalue weighted by Crippen LogP contribution is -2.32. The van der Waals surface area contributed by atoms with Crippen molar-refractivity contribution in [3.8, 4) is 11.4 Å². The summed E-state index contributed by atoms with van der Waals surface area (Å²) in [5, 5.41) is 4.40. The number of imidazole rings is 1. The molecule has 0 unspecified atom stereocenters. The first-order valence-electron chi connectivity index (χ1n) is 10.3. The predicted molar refractivity (Wildman–Crippen MR) is 114 cm³/mol. The lowest BCUT2D eigenvalue weighted by Gasteiger charge is -2.22. The van der Waals surface area contributed by atoms with Gasteiger partial charge in [-0.15, -0.1) is 0 Å². The molecule has 1 aliphatic heterocycles. The van der Waals surface area contributed by atoms with Crippen molar-refractivity contribution in [3.63, 3.8) is 0 Å². The second-order valence-electron chi connectivity index (χ2n) is 7.94. The van der Waals surface area contributed by atoms with Gasteiger partial charge in [-0.05, 0) is 39.1 Å². The van der Waals surface area contributed by atoms with Crippen LogP contribution < -0.4 is 5.69 Å². The van der Waals surface area contributed by atoms with Crippen LogP contribution in [0.1, 0.15) is 18.9 Å². The molecule has 0 aromatic carbocycles. The maximum atomic E-state index is 13.4. The number of rotatable bonds is 5. The van der Waals surface area contributed by atoms with Crippen molar-refractivity contribution in [2.75, 3.05) is 33.9 Å². The van der Waals surface area contributed by atoms with E-state index in [1.54, 1.807) is 21.5 Å². The Balaban J connectivity index is 1.68. The summed E-state index contributed by atoms with van der Waals surface area (Å²) in [5.41, 5.74) is 3.22. The Hall–Kier alpha value is -3.04. The third-order valence-electron chi connectivity index (χ3n) is 5.70. The van der Waals surface area contributed by atoms with Crippen molar-refractivity contribution in [2.24, 2.45) is 0 Å². The van der Waals surface area contributed by atoms with Gasteiger partial charge in [0.15, 0.2) is 11.5 Å². The van der Waals surface area contributed by atoms with Crippen molar-refractivity contribution in [1.29, 1.82) is 0 Å². The lowest BCUT2D eigenvalue weighted by atomic mass is 10.1. The number of fused-ring (bicyclic) bond motifs is 2.